The van der Waals surface area contributed by atoms with Crippen molar-refractivity contribution in [3.05, 3.63) is 0 Å². The molecule has 0 aromatic carbocycles. The van der Waals surface area contributed by atoms with Crippen molar-refractivity contribution in [2.45, 2.75) is 38.5 Å². The normalized spacial score (nSPS) is 28.0. The Labute approximate surface area is 167 Å². The van der Waals surface area contributed by atoms with Crippen LogP contribution in [0.3, 0.4) is 0 Å². The molecule has 0 unspecified atom stereocenters. The number of nitrogens with zero attached hydrogens (tertiary/aromatic N) is 6. The van der Waals surface area contributed by atoms with Gasteiger partial charge in [0.15, 0.2) is 0 Å². The molecule has 0 spiro atoms. The first-order valence-electron chi connectivity index (χ1n) is 11.7. The highest BCUT2D eigenvalue weighted by molar-refractivity contribution is 4.76. The molecule has 4 fully saturated rings. The van der Waals surface area contributed by atoms with Crippen LogP contribution in [0.5, 0.6) is 0 Å². The molecule has 0 aliphatic carbocycles. The van der Waals surface area contributed by atoms with Crippen molar-refractivity contribution >= 4 is 0 Å². The largest absolute Gasteiger partial charge is 0.302 e. The van der Waals surface area contributed by atoms with Crippen LogP contribution in [0.1, 0.15) is 38.5 Å². The minimum Gasteiger partial charge on any atom is -0.302 e. The lowest BCUT2D eigenvalue weighted by Crippen LogP contribution is -2.57. The number of likely N-dealkylation sites (tertiary alicyclic amines) is 3. The summed E-state index contributed by atoms with van der Waals surface area (Å²) in [4.78, 5) is 16.1. The molecule has 6 nitrogen and oxygen atoms in total. The highest BCUT2D eigenvalue weighted by Crippen LogP contribution is 2.13. The molecule has 0 amide bonds. The van der Waals surface area contributed by atoms with E-state index in [1.807, 2.05) is 0 Å². The Morgan fingerprint density at radius 2 is 0.519 bits per heavy atom. The summed E-state index contributed by atoms with van der Waals surface area (Å²) in [6.07, 6.45) is 8.44. The summed E-state index contributed by atoms with van der Waals surface area (Å²) in [6.45, 7) is 19.0. The second kappa shape index (κ2) is 10.5. The van der Waals surface area contributed by atoms with Crippen molar-refractivity contribution in [3.8, 4) is 0 Å². The molecular weight excluding hydrogens is 336 g/mol. The summed E-state index contributed by atoms with van der Waals surface area (Å²) in [5.74, 6) is 0. The zero-order valence-corrected chi connectivity index (χ0v) is 17.5. The summed E-state index contributed by atoms with van der Waals surface area (Å²) >= 11 is 0. The Morgan fingerprint density at radius 3 is 0.778 bits per heavy atom. The van der Waals surface area contributed by atoms with Gasteiger partial charge in [-0.3, -0.25) is 14.7 Å². The third-order valence-electron chi connectivity index (χ3n) is 6.99. The maximum Gasteiger partial charge on any atom is 0.0531 e. The van der Waals surface area contributed by atoms with Gasteiger partial charge in [-0.1, -0.05) is 0 Å². The molecule has 0 N–H and O–H groups in total. The second-order valence-corrected chi connectivity index (χ2v) is 9.25. The maximum atomic E-state index is 2.70. The molecular formula is C21H42N6. The Balaban J connectivity index is 1.24. The Kier molecular flexibility index (Phi) is 7.81. The van der Waals surface area contributed by atoms with Gasteiger partial charge in [-0.05, 0) is 77.8 Å². The van der Waals surface area contributed by atoms with E-state index in [0.717, 1.165) is 0 Å². The van der Waals surface area contributed by atoms with E-state index < -0.39 is 0 Å². The van der Waals surface area contributed by atoms with Gasteiger partial charge in [-0.2, -0.15) is 0 Å². The molecule has 4 heterocycles. The number of hydrogen-bond donors (Lipinski definition) is 0. The molecule has 6 heteroatoms. The Hall–Kier alpha value is -0.240. The predicted octanol–water partition coefficient (Wildman–Crippen LogP) is 1.07. The lowest BCUT2D eigenvalue weighted by Gasteiger charge is -2.43. The van der Waals surface area contributed by atoms with Gasteiger partial charge in [0.1, 0.15) is 0 Å². The number of rotatable bonds is 9. The minimum atomic E-state index is 1.17. The monoisotopic (exact) mass is 378 g/mol. The summed E-state index contributed by atoms with van der Waals surface area (Å²) in [5.41, 5.74) is 0. The zero-order valence-electron chi connectivity index (χ0n) is 17.5. The highest BCUT2D eigenvalue weighted by atomic mass is 15.5. The van der Waals surface area contributed by atoms with Gasteiger partial charge in [0.2, 0.25) is 0 Å². The average molecular weight is 379 g/mol. The van der Waals surface area contributed by atoms with Crippen LogP contribution in [0.4, 0.5) is 0 Å². The van der Waals surface area contributed by atoms with Crippen molar-refractivity contribution < 1.29 is 0 Å². The van der Waals surface area contributed by atoms with Gasteiger partial charge in [-0.25, -0.2) is 0 Å². The summed E-state index contributed by atoms with van der Waals surface area (Å²) in [7, 11) is 0. The molecule has 4 aliphatic rings. The predicted molar refractivity (Wildman–Crippen MR) is 112 cm³/mol. The van der Waals surface area contributed by atoms with E-state index in [4.69, 9.17) is 0 Å². The van der Waals surface area contributed by atoms with E-state index in [-0.39, 0.29) is 0 Å². The van der Waals surface area contributed by atoms with E-state index in [1.54, 1.807) is 0 Å². The first-order chi connectivity index (χ1) is 13.3. The van der Waals surface area contributed by atoms with Crippen molar-refractivity contribution in [1.29, 1.82) is 0 Å². The molecule has 0 aromatic heterocycles. The van der Waals surface area contributed by atoms with Crippen LogP contribution in [0.25, 0.3) is 0 Å². The van der Waals surface area contributed by atoms with E-state index in [0.29, 0.717) is 0 Å². The molecule has 0 radical (unpaired) electrons. The second-order valence-electron chi connectivity index (χ2n) is 9.25. The van der Waals surface area contributed by atoms with Crippen LogP contribution in [0, 0.1) is 0 Å². The summed E-state index contributed by atoms with van der Waals surface area (Å²) in [5, 5.41) is 0. The van der Waals surface area contributed by atoms with Gasteiger partial charge in [0.05, 0.1) is 20.0 Å². The molecule has 4 saturated heterocycles. The third-order valence-corrected chi connectivity index (χ3v) is 6.99. The zero-order chi connectivity index (χ0) is 18.3. The van der Waals surface area contributed by atoms with Gasteiger partial charge in [0, 0.05) is 39.3 Å². The quantitative estimate of drug-likeness (QED) is 0.593. The van der Waals surface area contributed by atoms with Crippen molar-refractivity contribution in [2.75, 3.05) is 98.5 Å². The fourth-order valence-corrected chi connectivity index (χ4v) is 5.27. The standard InChI is InChI=1S/C21H42N6/c1-2-8-22(7-1)13-16-25-19-26(17-14-23-9-3-4-10-23)21-27(20-25)18-15-24-11-5-6-12-24/h1-21H2. The fourth-order valence-electron chi connectivity index (χ4n) is 5.27. The minimum absolute atomic E-state index is 1.17. The molecule has 0 bridgehead atoms. The van der Waals surface area contributed by atoms with Gasteiger partial charge in [-0.15, -0.1) is 0 Å². The van der Waals surface area contributed by atoms with Crippen molar-refractivity contribution in [2.24, 2.45) is 0 Å². The smallest absolute Gasteiger partial charge is 0.0531 e. The van der Waals surface area contributed by atoms with Gasteiger partial charge < -0.3 is 14.7 Å². The third kappa shape index (κ3) is 6.38. The van der Waals surface area contributed by atoms with Gasteiger partial charge in [0.25, 0.3) is 0 Å². The lowest BCUT2D eigenvalue weighted by atomic mass is 10.4. The molecule has 156 valence electrons. The topological polar surface area (TPSA) is 19.4 Å². The van der Waals surface area contributed by atoms with Crippen LogP contribution >= 0.6 is 0 Å². The average Bonchev–Trinajstić information content (AvgIpc) is 3.46. The Bertz CT molecular complexity index is 347. The molecule has 4 rings (SSSR count). The number of hydrogen-bond acceptors (Lipinski definition) is 6. The SMILES string of the molecule is C1CCN(CCN2CN(CCN3CCCC3)CN(CCN3CCCC3)C2)C1. The van der Waals surface area contributed by atoms with Gasteiger partial charge >= 0.3 is 0 Å². The van der Waals surface area contributed by atoms with Crippen LogP contribution in [0.15, 0.2) is 0 Å². The van der Waals surface area contributed by atoms with E-state index in [1.165, 1.54) is 137 Å². The lowest BCUT2D eigenvalue weighted by molar-refractivity contribution is -0.0366. The Morgan fingerprint density at radius 1 is 0.296 bits per heavy atom. The van der Waals surface area contributed by atoms with Crippen molar-refractivity contribution in [3.63, 3.8) is 0 Å². The summed E-state index contributed by atoms with van der Waals surface area (Å²) < 4.78 is 0. The molecule has 27 heavy (non-hydrogen) atoms. The first kappa shape index (κ1) is 20.0. The first-order valence-corrected chi connectivity index (χ1v) is 11.7. The highest BCUT2D eigenvalue weighted by Gasteiger charge is 2.25. The fraction of sp³-hybridized carbons (Fsp3) is 1.00. The van der Waals surface area contributed by atoms with Crippen molar-refractivity contribution in [1.82, 2.24) is 29.4 Å². The molecule has 4 aliphatic heterocycles. The molecule has 0 saturated carbocycles. The van der Waals surface area contributed by atoms with Crippen LogP contribution < -0.4 is 0 Å². The van der Waals surface area contributed by atoms with E-state index in [2.05, 4.69) is 29.4 Å². The van der Waals surface area contributed by atoms with Crippen LogP contribution in [-0.2, 0) is 0 Å². The van der Waals surface area contributed by atoms with E-state index >= 15 is 0 Å². The summed E-state index contributed by atoms with van der Waals surface area (Å²) in [6, 6.07) is 0. The van der Waals surface area contributed by atoms with E-state index in [9.17, 15) is 0 Å². The molecule has 0 aromatic rings. The van der Waals surface area contributed by atoms with Crippen LogP contribution in [-0.4, -0.2) is 128 Å². The maximum absolute atomic E-state index is 2.70. The van der Waals surface area contributed by atoms with Crippen LogP contribution in [0.2, 0.25) is 0 Å². The molecule has 0 atom stereocenters.